The van der Waals surface area contributed by atoms with Crippen LogP contribution in [0, 0.1) is 19.7 Å². The summed E-state index contributed by atoms with van der Waals surface area (Å²) in [4.78, 5) is 13.7. The predicted octanol–water partition coefficient (Wildman–Crippen LogP) is 4.17. The Labute approximate surface area is 171 Å². The molecule has 1 N–H and O–H groups in total. The molecule has 0 radical (unpaired) electrons. The van der Waals surface area contributed by atoms with Crippen LogP contribution in [-0.2, 0) is 6.54 Å². The number of benzene rings is 2. The molecule has 29 heavy (non-hydrogen) atoms. The second-order valence-electron chi connectivity index (χ2n) is 7.45. The van der Waals surface area contributed by atoms with Crippen LogP contribution >= 0.6 is 0 Å². The van der Waals surface area contributed by atoms with E-state index in [0.29, 0.717) is 0 Å². The van der Waals surface area contributed by atoms with E-state index in [2.05, 4.69) is 56.3 Å². The van der Waals surface area contributed by atoms with E-state index in [1.807, 2.05) is 25.1 Å². The zero-order chi connectivity index (χ0) is 20.2. The first-order valence-corrected chi connectivity index (χ1v) is 9.97. The van der Waals surface area contributed by atoms with Crippen LogP contribution in [0.3, 0.4) is 0 Å². The fraction of sp³-hybridized carbons (Fsp3) is 0.304. The van der Waals surface area contributed by atoms with Gasteiger partial charge in [-0.1, -0.05) is 29.8 Å². The van der Waals surface area contributed by atoms with Crippen molar-refractivity contribution >= 4 is 17.3 Å². The van der Waals surface area contributed by atoms with E-state index in [4.69, 9.17) is 0 Å². The maximum absolute atomic E-state index is 13.2. The smallest absolute Gasteiger partial charge is 0.134 e. The molecule has 1 aliphatic rings. The Hall–Kier alpha value is -3.15. The Balaban J connectivity index is 1.40. The Kier molecular flexibility index (Phi) is 5.60. The number of halogens is 1. The lowest BCUT2D eigenvalue weighted by molar-refractivity contribution is 0.624. The van der Waals surface area contributed by atoms with Gasteiger partial charge in [0, 0.05) is 44.5 Å². The minimum Gasteiger partial charge on any atom is -0.368 e. The van der Waals surface area contributed by atoms with Crippen LogP contribution in [0.15, 0.2) is 54.6 Å². The number of hydrogen-bond acceptors (Lipinski definition) is 5. The molecule has 1 aliphatic heterocycles. The average molecular weight is 391 g/mol. The van der Waals surface area contributed by atoms with Gasteiger partial charge in [-0.3, -0.25) is 0 Å². The average Bonchev–Trinajstić information content (AvgIpc) is 2.74. The molecular formula is C23H26FN5. The van der Waals surface area contributed by atoms with Crippen molar-refractivity contribution in [3.63, 3.8) is 0 Å². The molecule has 1 fully saturated rings. The largest absolute Gasteiger partial charge is 0.368 e. The van der Waals surface area contributed by atoms with Crippen LogP contribution in [0.5, 0.6) is 0 Å². The van der Waals surface area contributed by atoms with E-state index in [-0.39, 0.29) is 5.82 Å². The van der Waals surface area contributed by atoms with E-state index in [9.17, 15) is 4.39 Å². The summed E-state index contributed by atoms with van der Waals surface area (Å²) in [6.45, 7) is 8.23. The molecule has 0 unspecified atom stereocenters. The van der Waals surface area contributed by atoms with Gasteiger partial charge >= 0.3 is 0 Å². The van der Waals surface area contributed by atoms with Crippen molar-refractivity contribution in [3.05, 3.63) is 77.4 Å². The molecular weight excluding hydrogens is 365 g/mol. The molecule has 4 rings (SSSR count). The molecule has 0 aliphatic carbocycles. The van der Waals surface area contributed by atoms with Crippen LogP contribution in [0.2, 0.25) is 0 Å². The third-order valence-corrected chi connectivity index (χ3v) is 5.21. The van der Waals surface area contributed by atoms with E-state index < -0.39 is 0 Å². The monoisotopic (exact) mass is 391 g/mol. The van der Waals surface area contributed by atoms with Crippen molar-refractivity contribution in [1.29, 1.82) is 0 Å². The number of aromatic nitrogens is 2. The molecule has 0 atom stereocenters. The van der Waals surface area contributed by atoms with Crippen LogP contribution in [0.4, 0.5) is 21.7 Å². The van der Waals surface area contributed by atoms with Gasteiger partial charge < -0.3 is 15.1 Å². The summed E-state index contributed by atoms with van der Waals surface area (Å²) in [5.74, 6) is 2.35. The van der Waals surface area contributed by atoms with E-state index in [0.717, 1.165) is 55.9 Å². The van der Waals surface area contributed by atoms with Crippen LogP contribution in [0.1, 0.15) is 17.0 Å². The molecule has 2 aromatic carbocycles. The van der Waals surface area contributed by atoms with Crippen molar-refractivity contribution in [2.75, 3.05) is 41.3 Å². The molecule has 1 aromatic heterocycles. The van der Waals surface area contributed by atoms with Gasteiger partial charge in [0.05, 0.1) is 0 Å². The second kappa shape index (κ2) is 8.47. The zero-order valence-electron chi connectivity index (χ0n) is 16.9. The van der Waals surface area contributed by atoms with Crippen molar-refractivity contribution < 1.29 is 4.39 Å². The van der Waals surface area contributed by atoms with Gasteiger partial charge in [-0.25, -0.2) is 14.4 Å². The summed E-state index contributed by atoms with van der Waals surface area (Å²) >= 11 is 0. The molecule has 3 aromatic rings. The lowest BCUT2D eigenvalue weighted by Crippen LogP contribution is -2.46. The molecule has 6 heteroatoms. The first-order valence-electron chi connectivity index (χ1n) is 9.97. The Morgan fingerprint density at radius 2 is 1.52 bits per heavy atom. The number of rotatable bonds is 5. The molecule has 0 bridgehead atoms. The number of hydrogen-bond donors (Lipinski definition) is 1. The lowest BCUT2D eigenvalue weighted by Gasteiger charge is -2.36. The number of nitrogens with zero attached hydrogens (tertiary/aromatic N) is 4. The summed E-state index contributed by atoms with van der Waals surface area (Å²) in [5, 5.41) is 3.42. The van der Waals surface area contributed by atoms with Gasteiger partial charge in [-0.2, -0.15) is 0 Å². The Bertz CT molecular complexity index is 948. The second-order valence-corrected chi connectivity index (χ2v) is 7.45. The number of anilines is 3. The minimum atomic E-state index is -0.200. The van der Waals surface area contributed by atoms with Crippen LogP contribution < -0.4 is 15.1 Å². The maximum atomic E-state index is 13.2. The highest BCUT2D eigenvalue weighted by atomic mass is 19.1. The Morgan fingerprint density at radius 3 is 2.21 bits per heavy atom. The highest BCUT2D eigenvalue weighted by molar-refractivity contribution is 5.53. The van der Waals surface area contributed by atoms with Gasteiger partial charge in [0.2, 0.25) is 0 Å². The summed E-state index contributed by atoms with van der Waals surface area (Å²) in [6.07, 6.45) is 0. The highest BCUT2D eigenvalue weighted by Gasteiger charge is 2.19. The summed E-state index contributed by atoms with van der Waals surface area (Å²) in [6, 6.07) is 17.2. The number of aryl methyl sites for hydroxylation is 2. The van der Waals surface area contributed by atoms with Gasteiger partial charge in [0.1, 0.15) is 23.3 Å². The molecule has 150 valence electrons. The third kappa shape index (κ3) is 4.83. The molecule has 5 nitrogen and oxygen atoms in total. The summed E-state index contributed by atoms with van der Waals surface area (Å²) in [5.41, 5.74) is 3.54. The van der Waals surface area contributed by atoms with Crippen molar-refractivity contribution in [3.8, 4) is 0 Å². The lowest BCUT2D eigenvalue weighted by atomic mass is 10.1. The van der Waals surface area contributed by atoms with Gasteiger partial charge in [-0.05, 0) is 43.7 Å². The molecule has 1 saturated heterocycles. The number of nitrogens with one attached hydrogen (secondary N) is 1. The Morgan fingerprint density at radius 1 is 0.862 bits per heavy atom. The van der Waals surface area contributed by atoms with Crippen LogP contribution in [-0.4, -0.2) is 36.1 Å². The standard InChI is InChI=1S/C23H26FN5/c1-17-3-5-19(6-4-17)16-25-22-15-23(27-18(2)26-22)29-13-11-28(12-14-29)21-9-7-20(24)8-10-21/h3-10,15H,11-14,16H2,1-2H3,(H,25,26,27). The van der Waals surface area contributed by atoms with E-state index >= 15 is 0 Å². The highest BCUT2D eigenvalue weighted by Crippen LogP contribution is 2.21. The fourth-order valence-electron chi connectivity index (χ4n) is 3.55. The maximum Gasteiger partial charge on any atom is 0.134 e. The van der Waals surface area contributed by atoms with E-state index in [1.165, 1.54) is 23.3 Å². The summed E-state index contributed by atoms with van der Waals surface area (Å²) in [7, 11) is 0. The third-order valence-electron chi connectivity index (χ3n) is 5.21. The molecule has 0 amide bonds. The quantitative estimate of drug-likeness (QED) is 0.707. The van der Waals surface area contributed by atoms with Crippen LogP contribution in [0.25, 0.3) is 0 Å². The van der Waals surface area contributed by atoms with Crippen molar-refractivity contribution in [2.24, 2.45) is 0 Å². The fourth-order valence-corrected chi connectivity index (χ4v) is 3.55. The van der Waals surface area contributed by atoms with Crippen molar-refractivity contribution in [1.82, 2.24) is 9.97 Å². The minimum absolute atomic E-state index is 0.200. The van der Waals surface area contributed by atoms with E-state index in [1.54, 1.807) is 0 Å². The normalized spacial score (nSPS) is 14.2. The molecule has 2 heterocycles. The molecule has 0 spiro atoms. The zero-order valence-corrected chi connectivity index (χ0v) is 16.9. The van der Waals surface area contributed by atoms with Crippen molar-refractivity contribution in [2.45, 2.75) is 20.4 Å². The first kappa shape index (κ1) is 19.2. The van der Waals surface area contributed by atoms with Gasteiger partial charge in [-0.15, -0.1) is 0 Å². The van der Waals surface area contributed by atoms with Gasteiger partial charge in [0.15, 0.2) is 0 Å². The SMILES string of the molecule is Cc1ccc(CNc2cc(N3CCN(c4ccc(F)cc4)CC3)nc(C)n2)cc1. The summed E-state index contributed by atoms with van der Waals surface area (Å²) < 4.78 is 13.2. The predicted molar refractivity (Wildman–Crippen MR) is 116 cm³/mol. The molecule has 0 saturated carbocycles. The first-order chi connectivity index (χ1) is 14.1. The topological polar surface area (TPSA) is 44.3 Å². The number of piperazine rings is 1. The van der Waals surface area contributed by atoms with Gasteiger partial charge in [0.25, 0.3) is 0 Å².